The molecule has 1 aliphatic carbocycles. The van der Waals surface area contributed by atoms with Crippen LogP contribution in [0.25, 0.3) is 0 Å². The molecule has 4 nitrogen and oxygen atoms in total. The molecular formula is C8H13NO3. The van der Waals surface area contributed by atoms with E-state index >= 15 is 0 Å². The molecule has 0 unspecified atom stereocenters. The van der Waals surface area contributed by atoms with Crippen molar-refractivity contribution in [2.75, 3.05) is 13.2 Å². The summed E-state index contributed by atoms with van der Waals surface area (Å²) in [5.41, 5.74) is 4.91. The smallest absolute Gasteiger partial charge is 0.338 e. The first-order valence-corrected chi connectivity index (χ1v) is 4.20. The third-order valence-corrected chi connectivity index (χ3v) is 2.56. The van der Waals surface area contributed by atoms with Gasteiger partial charge in [-0.2, -0.15) is 0 Å². The monoisotopic (exact) mass is 171 g/mol. The summed E-state index contributed by atoms with van der Waals surface area (Å²) in [6.07, 6.45) is 1.25. The van der Waals surface area contributed by atoms with Crippen LogP contribution in [0.15, 0.2) is 0 Å². The van der Waals surface area contributed by atoms with Crippen molar-refractivity contribution in [1.82, 2.24) is 0 Å². The third-order valence-electron chi connectivity index (χ3n) is 2.56. The van der Waals surface area contributed by atoms with Crippen LogP contribution in [0.5, 0.6) is 0 Å². The average molecular weight is 171 g/mol. The second-order valence-corrected chi connectivity index (χ2v) is 3.72. The third kappa shape index (κ3) is 0.881. The van der Waals surface area contributed by atoms with Crippen molar-refractivity contribution in [3.8, 4) is 0 Å². The molecule has 68 valence electrons. The molecule has 3 fully saturated rings. The molecule has 2 heterocycles. The maximum atomic E-state index is 11.3. The molecular weight excluding hydrogens is 158 g/mol. The number of ether oxygens (including phenoxy) is 2. The zero-order valence-corrected chi connectivity index (χ0v) is 7.13. The van der Waals surface area contributed by atoms with Crippen LogP contribution in [-0.2, 0) is 14.3 Å². The highest BCUT2D eigenvalue weighted by molar-refractivity contribution is 5.82. The molecule has 0 amide bonds. The van der Waals surface area contributed by atoms with E-state index in [-0.39, 0.29) is 11.5 Å². The van der Waals surface area contributed by atoms with Gasteiger partial charge in [-0.25, -0.2) is 4.79 Å². The number of carbonyl (C=O) groups is 1. The number of rotatable bonds is 2. The standard InChI is InChI=1S/C8H13NO3/c1-2-11-6(10)8-3-7(9,4-8)5-12-8/h2-5,9H2,1H3. The number of esters is 1. The quantitative estimate of drug-likeness (QED) is 0.585. The molecule has 12 heavy (non-hydrogen) atoms. The van der Waals surface area contributed by atoms with Gasteiger partial charge in [0.1, 0.15) is 0 Å². The minimum Gasteiger partial charge on any atom is -0.464 e. The molecule has 3 aliphatic rings. The van der Waals surface area contributed by atoms with Gasteiger partial charge < -0.3 is 15.2 Å². The Balaban J connectivity index is 2.03. The van der Waals surface area contributed by atoms with Crippen molar-refractivity contribution in [3.63, 3.8) is 0 Å². The molecule has 2 N–H and O–H groups in total. The first-order valence-electron chi connectivity index (χ1n) is 4.20. The minimum absolute atomic E-state index is 0.243. The Morgan fingerprint density at radius 2 is 2.33 bits per heavy atom. The van der Waals surface area contributed by atoms with E-state index < -0.39 is 5.60 Å². The predicted octanol–water partition coefficient (Wildman–Crippen LogP) is -0.190. The Morgan fingerprint density at radius 1 is 1.67 bits per heavy atom. The lowest BCUT2D eigenvalue weighted by atomic mass is 9.69. The topological polar surface area (TPSA) is 61.5 Å². The summed E-state index contributed by atoms with van der Waals surface area (Å²) >= 11 is 0. The largest absolute Gasteiger partial charge is 0.464 e. The van der Waals surface area contributed by atoms with Gasteiger partial charge in [-0.15, -0.1) is 0 Å². The van der Waals surface area contributed by atoms with Crippen LogP contribution in [-0.4, -0.2) is 30.3 Å². The highest BCUT2D eigenvalue weighted by Crippen LogP contribution is 2.50. The van der Waals surface area contributed by atoms with Crippen LogP contribution in [0.3, 0.4) is 0 Å². The van der Waals surface area contributed by atoms with Gasteiger partial charge in [-0.3, -0.25) is 0 Å². The van der Waals surface area contributed by atoms with Crippen LogP contribution in [0.2, 0.25) is 0 Å². The van der Waals surface area contributed by atoms with Crippen molar-refractivity contribution in [2.24, 2.45) is 5.73 Å². The van der Waals surface area contributed by atoms with Crippen LogP contribution in [0.4, 0.5) is 0 Å². The van der Waals surface area contributed by atoms with Crippen LogP contribution >= 0.6 is 0 Å². The number of fused-ring (bicyclic) bond motifs is 1. The zero-order valence-electron chi connectivity index (χ0n) is 7.13. The first kappa shape index (κ1) is 8.01. The average Bonchev–Trinajstić information content (AvgIpc) is 2.42. The molecule has 3 rings (SSSR count). The van der Waals surface area contributed by atoms with Gasteiger partial charge in [-0.1, -0.05) is 0 Å². The summed E-state index contributed by atoms with van der Waals surface area (Å²) in [5, 5.41) is 0. The molecule has 2 aliphatic heterocycles. The van der Waals surface area contributed by atoms with Gasteiger partial charge in [0.15, 0.2) is 5.60 Å². The van der Waals surface area contributed by atoms with Crippen molar-refractivity contribution in [3.05, 3.63) is 0 Å². The molecule has 1 saturated carbocycles. The van der Waals surface area contributed by atoms with Crippen molar-refractivity contribution in [1.29, 1.82) is 0 Å². The minimum atomic E-state index is -0.676. The molecule has 0 atom stereocenters. The highest BCUT2D eigenvalue weighted by Gasteiger charge is 2.65. The molecule has 4 heteroatoms. The highest BCUT2D eigenvalue weighted by atomic mass is 16.6. The molecule has 0 aromatic heterocycles. The number of hydrogen-bond donors (Lipinski definition) is 1. The molecule has 0 spiro atoms. The molecule has 2 saturated heterocycles. The number of hydrogen-bond acceptors (Lipinski definition) is 4. The fraction of sp³-hybridized carbons (Fsp3) is 0.875. The normalized spacial score (nSPS) is 43.8. The lowest BCUT2D eigenvalue weighted by Gasteiger charge is -2.39. The van der Waals surface area contributed by atoms with Crippen molar-refractivity contribution in [2.45, 2.75) is 30.9 Å². The van der Waals surface area contributed by atoms with Gasteiger partial charge in [-0.05, 0) is 6.92 Å². The molecule has 2 bridgehead atoms. The van der Waals surface area contributed by atoms with Gasteiger partial charge in [0.05, 0.1) is 13.2 Å². The van der Waals surface area contributed by atoms with E-state index in [4.69, 9.17) is 15.2 Å². The maximum absolute atomic E-state index is 11.3. The first-order chi connectivity index (χ1) is 5.60. The second-order valence-electron chi connectivity index (χ2n) is 3.72. The Hall–Kier alpha value is -0.610. The van der Waals surface area contributed by atoms with E-state index in [1.807, 2.05) is 0 Å². The second kappa shape index (κ2) is 2.20. The summed E-state index contributed by atoms with van der Waals surface area (Å²) in [5.74, 6) is -0.247. The summed E-state index contributed by atoms with van der Waals surface area (Å²) in [6.45, 7) is 2.69. The van der Waals surface area contributed by atoms with E-state index in [2.05, 4.69) is 0 Å². The summed E-state index contributed by atoms with van der Waals surface area (Å²) < 4.78 is 10.2. The van der Waals surface area contributed by atoms with E-state index in [0.29, 0.717) is 26.1 Å². The van der Waals surface area contributed by atoms with Crippen LogP contribution in [0, 0.1) is 0 Å². The Labute approximate surface area is 71.0 Å². The van der Waals surface area contributed by atoms with E-state index in [9.17, 15) is 4.79 Å². The Morgan fingerprint density at radius 3 is 2.75 bits per heavy atom. The maximum Gasteiger partial charge on any atom is 0.338 e. The Bertz CT molecular complexity index is 220. The molecule has 0 radical (unpaired) electrons. The summed E-state index contributed by atoms with van der Waals surface area (Å²) in [6, 6.07) is 0. The van der Waals surface area contributed by atoms with E-state index in [1.165, 1.54) is 0 Å². The van der Waals surface area contributed by atoms with Gasteiger partial charge in [0, 0.05) is 18.4 Å². The number of nitrogens with two attached hydrogens (primary N) is 1. The SMILES string of the molecule is CCOC(=O)C12CC(N)(CO1)C2. The van der Waals surface area contributed by atoms with Gasteiger partial charge in [0.2, 0.25) is 0 Å². The molecule has 0 aromatic rings. The Kier molecular flexibility index (Phi) is 1.47. The van der Waals surface area contributed by atoms with Crippen LogP contribution < -0.4 is 5.73 Å². The fourth-order valence-corrected chi connectivity index (χ4v) is 2.04. The van der Waals surface area contributed by atoms with Crippen molar-refractivity contribution < 1.29 is 14.3 Å². The fourth-order valence-electron chi connectivity index (χ4n) is 2.04. The summed E-state index contributed by atoms with van der Waals surface area (Å²) in [7, 11) is 0. The van der Waals surface area contributed by atoms with Crippen molar-refractivity contribution >= 4 is 5.97 Å². The summed E-state index contributed by atoms with van der Waals surface area (Å²) in [4.78, 5) is 11.3. The van der Waals surface area contributed by atoms with E-state index in [0.717, 1.165) is 0 Å². The predicted molar refractivity (Wildman–Crippen MR) is 41.5 cm³/mol. The molecule has 0 aromatic carbocycles. The number of carbonyl (C=O) groups excluding carboxylic acids is 1. The van der Waals surface area contributed by atoms with Gasteiger partial charge >= 0.3 is 5.97 Å². The lowest BCUT2D eigenvalue weighted by molar-refractivity contribution is -0.169. The zero-order chi connectivity index (χ0) is 8.82. The van der Waals surface area contributed by atoms with E-state index in [1.54, 1.807) is 6.92 Å². The lowest BCUT2D eigenvalue weighted by Crippen LogP contribution is -2.59. The van der Waals surface area contributed by atoms with Gasteiger partial charge in [0.25, 0.3) is 0 Å². The van der Waals surface area contributed by atoms with Crippen LogP contribution in [0.1, 0.15) is 19.8 Å².